The van der Waals surface area contributed by atoms with Gasteiger partial charge in [-0.25, -0.2) is 0 Å². The lowest BCUT2D eigenvalue weighted by atomic mass is 10.1. The molecule has 0 saturated heterocycles. The highest BCUT2D eigenvalue weighted by molar-refractivity contribution is 6.05. The van der Waals surface area contributed by atoms with Crippen molar-refractivity contribution in [3.8, 4) is 5.75 Å². The van der Waals surface area contributed by atoms with Crippen LogP contribution in [-0.2, 0) is 11.2 Å². The van der Waals surface area contributed by atoms with Crippen LogP contribution in [0.25, 0.3) is 6.08 Å². The molecule has 30 heavy (non-hydrogen) atoms. The Bertz CT molecular complexity index is 1040. The molecular weight excluding hydrogens is 380 g/mol. The van der Waals surface area contributed by atoms with E-state index in [1.807, 2.05) is 37.3 Å². The molecule has 0 aliphatic heterocycles. The summed E-state index contributed by atoms with van der Waals surface area (Å²) < 4.78 is 10.9. The minimum Gasteiger partial charge on any atom is -0.496 e. The second kappa shape index (κ2) is 10.1. The molecule has 0 bridgehead atoms. The SMILES string of the molecule is COc1ccccc1CCNC(=O)C(=Cc1ccc(C)o1)NC(=O)c1ccccc1. The van der Waals surface area contributed by atoms with Gasteiger partial charge in [-0.1, -0.05) is 36.4 Å². The Kier molecular flexibility index (Phi) is 7.05. The van der Waals surface area contributed by atoms with Crippen molar-refractivity contribution >= 4 is 17.9 Å². The van der Waals surface area contributed by atoms with Crippen LogP contribution >= 0.6 is 0 Å². The smallest absolute Gasteiger partial charge is 0.267 e. The third-order valence-corrected chi connectivity index (χ3v) is 4.45. The molecule has 0 atom stereocenters. The Morgan fingerprint density at radius 3 is 2.43 bits per heavy atom. The Balaban J connectivity index is 1.71. The lowest BCUT2D eigenvalue weighted by molar-refractivity contribution is -0.117. The number of ether oxygens (including phenoxy) is 1. The summed E-state index contributed by atoms with van der Waals surface area (Å²) in [5, 5.41) is 5.53. The molecule has 0 spiro atoms. The summed E-state index contributed by atoms with van der Waals surface area (Å²) in [5.41, 5.74) is 1.56. The van der Waals surface area contributed by atoms with Gasteiger partial charge < -0.3 is 19.8 Å². The topological polar surface area (TPSA) is 80.6 Å². The number of benzene rings is 2. The van der Waals surface area contributed by atoms with E-state index in [1.54, 1.807) is 43.5 Å². The molecule has 1 aromatic heterocycles. The first kappa shape index (κ1) is 20.9. The third kappa shape index (κ3) is 5.61. The zero-order valence-corrected chi connectivity index (χ0v) is 17.0. The van der Waals surface area contributed by atoms with Crippen molar-refractivity contribution in [1.82, 2.24) is 10.6 Å². The molecule has 3 rings (SSSR count). The molecule has 2 amide bonds. The molecular formula is C24H24N2O4. The average molecular weight is 404 g/mol. The van der Waals surface area contributed by atoms with Gasteiger partial charge in [0.1, 0.15) is 23.0 Å². The summed E-state index contributed by atoms with van der Waals surface area (Å²) >= 11 is 0. The molecule has 2 N–H and O–H groups in total. The summed E-state index contributed by atoms with van der Waals surface area (Å²) in [5.74, 6) is 1.20. The largest absolute Gasteiger partial charge is 0.496 e. The number of hydrogen-bond acceptors (Lipinski definition) is 4. The predicted octanol–water partition coefficient (Wildman–Crippen LogP) is 3.73. The standard InChI is InChI=1S/C24H24N2O4/c1-17-12-13-20(30-17)16-21(26-23(27)19-9-4-3-5-10-19)24(28)25-15-14-18-8-6-7-11-22(18)29-2/h3-13,16H,14-15H2,1-2H3,(H,25,28)(H,26,27). The van der Waals surface area contributed by atoms with Crippen LogP contribution < -0.4 is 15.4 Å². The van der Waals surface area contributed by atoms with Crippen molar-refractivity contribution in [2.75, 3.05) is 13.7 Å². The first-order valence-electron chi connectivity index (χ1n) is 9.61. The van der Waals surface area contributed by atoms with Gasteiger partial charge in [0.2, 0.25) is 0 Å². The van der Waals surface area contributed by atoms with E-state index in [4.69, 9.17) is 9.15 Å². The van der Waals surface area contributed by atoms with E-state index in [0.717, 1.165) is 11.3 Å². The van der Waals surface area contributed by atoms with Gasteiger partial charge in [-0.3, -0.25) is 9.59 Å². The third-order valence-electron chi connectivity index (χ3n) is 4.45. The molecule has 6 nitrogen and oxygen atoms in total. The molecule has 0 saturated carbocycles. The van der Waals surface area contributed by atoms with E-state index < -0.39 is 5.91 Å². The normalized spacial score (nSPS) is 11.1. The van der Waals surface area contributed by atoms with E-state index in [2.05, 4.69) is 10.6 Å². The Morgan fingerprint density at radius 2 is 1.73 bits per heavy atom. The Morgan fingerprint density at radius 1 is 1.00 bits per heavy atom. The lowest BCUT2D eigenvalue weighted by Crippen LogP contribution is -2.35. The van der Waals surface area contributed by atoms with Crippen molar-refractivity contribution in [3.05, 3.63) is 95.1 Å². The highest BCUT2D eigenvalue weighted by atomic mass is 16.5. The number of carbonyl (C=O) groups excluding carboxylic acids is 2. The van der Waals surface area contributed by atoms with Crippen LogP contribution in [0.4, 0.5) is 0 Å². The number of furan rings is 1. The highest BCUT2D eigenvalue weighted by Gasteiger charge is 2.15. The summed E-state index contributed by atoms with van der Waals surface area (Å²) in [6.45, 7) is 2.20. The minimum atomic E-state index is -0.400. The van der Waals surface area contributed by atoms with Crippen LogP contribution in [0.3, 0.4) is 0 Å². The van der Waals surface area contributed by atoms with Gasteiger partial charge in [0.25, 0.3) is 11.8 Å². The molecule has 0 aliphatic carbocycles. The number of methoxy groups -OCH3 is 1. The highest BCUT2D eigenvalue weighted by Crippen LogP contribution is 2.17. The predicted molar refractivity (Wildman–Crippen MR) is 115 cm³/mol. The molecule has 1 heterocycles. The lowest BCUT2D eigenvalue weighted by Gasteiger charge is -2.12. The van der Waals surface area contributed by atoms with Gasteiger partial charge in [-0.2, -0.15) is 0 Å². The van der Waals surface area contributed by atoms with Crippen LogP contribution in [0.15, 0.2) is 76.8 Å². The van der Waals surface area contributed by atoms with Crippen LogP contribution in [0.5, 0.6) is 5.75 Å². The van der Waals surface area contributed by atoms with Crippen molar-refractivity contribution in [3.63, 3.8) is 0 Å². The number of nitrogens with one attached hydrogen (secondary N) is 2. The molecule has 2 aromatic carbocycles. The maximum atomic E-state index is 12.8. The molecule has 6 heteroatoms. The Hall–Kier alpha value is -3.80. The summed E-state index contributed by atoms with van der Waals surface area (Å²) in [6, 6.07) is 19.9. The van der Waals surface area contributed by atoms with Crippen LogP contribution in [-0.4, -0.2) is 25.5 Å². The molecule has 3 aromatic rings. The maximum absolute atomic E-state index is 12.8. The monoisotopic (exact) mass is 404 g/mol. The minimum absolute atomic E-state index is 0.109. The average Bonchev–Trinajstić information content (AvgIpc) is 3.18. The van der Waals surface area contributed by atoms with E-state index in [0.29, 0.717) is 30.0 Å². The zero-order valence-electron chi connectivity index (χ0n) is 17.0. The van der Waals surface area contributed by atoms with E-state index in [-0.39, 0.29) is 11.6 Å². The Labute approximate surface area is 175 Å². The fraction of sp³-hybridized carbons (Fsp3) is 0.167. The molecule has 0 radical (unpaired) electrons. The van der Waals surface area contributed by atoms with Crippen molar-refractivity contribution in [1.29, 1.82) is 0 Å². The van der Waals surface area contributed by atoms with Gasteiger partial charge in [0.15, 0.2) is 0 Å². The van der Waals surface area contributed by atoms with E-state index in [9.17, 15) is 9.59 Å². The molecule has 0 aliphatic rings. The molecule has 154 valence electrons. The maximum Gasteiger partial charge on any atom is 0.267 e. The van der Waals surface area contributed by atoms with Crippen molar-refractivity contribution < 1.29 is 18.7 Å². The first-order valence-corrected chi connectivity index (χ1v) is 9.61. The van der Waals surface area contributed by atoms with Gasteiger partial charge in [0.05, 0.1) is 7.11 Å². The van der Waals surface area contributed by atoms with E-state index in [1.165, 1.54) is 6.08 Å². The summed E-state index contributed by atoms with van der Waals surface area (Å²) in [7, 11) is 1.61. The van der Waals surface area contributed by atoms with Gasteiger partial charge in [-0.05, 0) is 49.2 Å². The summed E-state index contributed by atoms with van der Waals surface area (Å²) in [4.78, 5) is 25.4. The number of para-hydroxylation sites is 1. The van der Waals surface area contributed by atoms with Crippen LogP contribution in [0, 0.1) is 6.92 Å². The van der Waals surface area contributed by atoms with Crippen LogP contribution in [0.2, 0.25) is 0 Å². The van der Waals surface area contributed by atoms with Gasteiger partial charge in [-0.15, -0.1) is 0 Å². The number of aryl methyl sites for hydroxylation is 1. The van der Waals surface area contributed by atoms with Crippen molar-refractivity contribution in [2.24, 2.45) is 0 Å². The van der Waals surface area contributed by atoms with Crippen LogP contribution in [0.1, 0.15) is 27.4 Å². The molecule has 0 unspecified atom stereocenters. The van der Waals surface area contributed by atoms with Gasteiger partial charge >= 0.3 is 0 Å². The fourth-order valence-corrected chi connectivity index (χ4v) is 2.93. The summed E-state index contributed by atoms with van der Waals surface area (Å²) in [6.07, 6.45) is 2.11. The number of carbonyl (C=O) groups is 2. The number of hydrogen-bond donors (Lipinski definition) is 2. The second-order valence-corrected chi connectivity index (χ2v) is 6.64. The first-order chi connectivity index (χ1) is 14.6. The number of amides is 2. The second-order valence-electron chi connectivity index (χ2n) is 6.64. The fourth-order valence-electron chi connectivity index (χ4n) is 2.93. The van der Waals surface area contributed by atoms with Crippen molar-refractivity contribution in [2.45, 2.75) is 13.3 Å². The number of rotatable bonds is 8. The molecule has 0 fully saturated rings. The quantitative estimate of drug-likeness (QED) is 0.561. The van der Waals surface area contributed by atoms with Gasteiger partial charge in [0, 0.05) is 18.2 Å². The zero-order chi connectivity index (χ0) is 21.3. The van der Waals surface area contributed by atoms with E-state index >= 15 is 0 Å².